The molecule has 3 saturated carbocycles. The van der Waals surface area contributed by atoms with E-state index in [4.69, 9.17) is 5.73 Å². The van der Waals surface area contributed by atoms with Crippen molar-refractivity contribution in [3.63, 3.8) is 0 Å². The van der Waals surface area contributed by atoms with E-state index in [0.717, 1.165) is 24.7 Å². The van der Waals surface area contributed by atoms with E-state index in [-0.39, 0.29) is 6.10 Å². The second kappa shape index (κ2) is 5.73. The van der Waals surface area contributed by atoms with E-state index in [2.05, 4.69) is 0 Å². The molecular weight excluding hydrogens is 234 g/mol. The van der Waals surface area contributed by atoms with Gasteiger partial charge >= 0.3 is 0 Å². The third-order valence-electron chi connectivity index (χ3n) is 6.59. The van der Waals surface area contributed by atoms with E-state index in [0.29, 0.717) is 11.5 Å². The molecule has 3 aliphatic rings. The number of aliphatic hydroxyl groups excluding tert-OH is 1. The van der Waals surface area contributed by atoms with Crippen LogP contribution in [0.3, 0.4) is 0 Å². The predicted octanol–water partition coefficient (Wildman–Crippen LogP) is 3.62. The van der Waals surface area contributed by atoms with E-state index in [1.807, 2.05) is 0 Å². The molecule has 0 aliphatic heterocycles. The van der Waals surface area contributed by atoms with Crippen LogP contribution >= 0.6 is 0 Å². The summed E-state index contributed by atoms with van der Waals surface area (Å²) in [6.45, 7) is 0. The fourth-order valence-corrected chi connectivity index (χ4v) is 5.06. The van der Waals surface area contributed by atoms with Gasteiger partial charge in [-0.3, -0.25) is 0 Å². The molecule has 2 nitrogen and oxygen atoms in total. The molecule has 3 rings (SSSR count). The minimum absolute atomic E-state index is 0.00294. The summed E-state index contributed by atoms with van der Waals surface area (Å²) in [6.07, 6.45) is 15.8. The van der Waals surface area contributed by atoms with Crippen molar-refractivity contribution >= 4 is 0 Å². The number of nitrogens with two attached hydrogens (primary N) is 1. The number of hydrogen-bond donors (Lipinski definition) is 2. The zero-order chi connectivity index (χ0) is 13.3. The second-order valence-electron chi connectivity index (χ2n) is 7.74. The molecule has 0 radical (unpaired) electrons. The minimum Gasteiger partial charge on any atom is -0.393 e. The SMILES string of the molecule is NC1CCC(C2CCC3(CCC(O)CC3)CC2)CC1. The Hall–Kier alpha value is -0.0800. The summed E-state index contributed by atoms with van der Waals surface area (Å²) in [5.41, 5.74) is 6.65. The Balaban J connectivity index is 1.49. The first-order chi connectivity index (χ1) is 9.17. The highest BCUT2D eigenvalue weighted by atomic mass is 16.3. The molecule has 2 heteroatoms. The van der Waals surface area contributed by atoms with E-state index < -0.39 is 0 Å². The lowest BCUT2D eigenvalue weighted by Crippen LogP contribution is -2.36. The van der Waals surface area contributed by atoms with Gasteiger partial charge in [0.15, 0.2) is 0 Å². The standard InChI is InChI=1S/C17H31NO/c18-15-3-1-13(2-4-15)14-5-9-17(10-6-14)11-7-16(19)8-12-17/h13-16,19H,1-12,18H2. The molecule has 3 aliphatic carbocycles. The Bertz CT molecular complexity index is 278. The Labute approximate surface area is 118 Å². The van der Waals surface area contributed by atoms with Gasteiger partial charge < -0.3 is 10.8 Å². The Morgan fingerprint density at radius 1 is 0.684 bits per heavy atom. The van der Waals surface area contributed by atoms with E-state index in [9.17, 15) is 5.11 Å². The maximum Gasteiger partial charge on any atom is 0.0540 e. The second-order valence-corrected chi connectivity index (χ2v) is 7.74. The summed E-state index contributed by atoms with van der Waals surface area (Å²) in [5, 5.41) is 9.69. The van der Waals surface area contributed by atoms with Crippen LogP contribution in [0, 0.1) is 17.3 Å². The predicted molar refractivity (Wildman–Crippen MR) is 78.8 cm³/mol. The average Bonchev–Trinajstić information content (AvgIpc) is 2.44. The largest absolute Gasteiger partial charge is 0.393 e. The van der Waals surface area contributed by atoms with Gasteiger partial charge in [0.2, 0.25) is 0 Å². The lowest BCUT2D eigenvalue weighted by Gasteiger charge is -2.46. The highest BCUT2D eigenvalue weighted by Gasteiger charge is 2.40. The fourth-order valence-electron chi connectivity index (χ4n) is 5.06. The van der Waals surface area contributed by atoms with Crippen LogP contribution in [0.25, 0.3) is 0 Å². The third kappa shape index (κ3) is 3.16. The molecule has 0 aromatic rings. The van der Waals surface area contributed by atoms with Crippen LogP contribution in [0.1, 0.15) is 77.0 Å². The minimum atomic E-state index is 0.00294. The summed E-state index contributed by atoms with van der Waals surface area (Å²) in [7, 11) is 0. The highest BCUT2D eigenvalue weighted by Crippen LogP contribution is 2.51. The molecular formula is C17H31NO. The molecule has 110 valence electrons. The molecule has 0 aromatic heterocycles. The first-order valence-electron chi connectivity index (χ1n) is 8.61. The van der Waals surface area contributed by atoms with Gasteiger partial charge in [0.05, 0.1) is 6.10 Å². The van der Waals surface area contributed by atoms with Crippen molar-refractivity contribution in [2.45, 2.75) is 89.2 Å². The molecule has 3 fully saturated rings. The normalized spacial score (nSPS) is 48.3. The van der Waals surface area contributed by atoms with Gasteiger partial charge in [0, 0.05) is 6.04 Å². The Kier molecular flexibility index (Phi) is 4.19. The molecule has 0 unspecified atom stereocenters. The lowest BCUT2D eigenvalue weighted by molar-refractivity contribution is 0.0177. The average molecular weight is 265 g/mol. The van der Waals surface area contributed by atoms with Crippen molar-refractivity contribution in [3.8, 4) is 0 Å². The van der Waals surface area contributed by atoms with Gasteiger partial charge in [-0.2, -0.15) is 0 Å². The van der Waals surface area contributed by atoms with Gasteiger partial charge in [-0.1, -0.05) is 0 Å². The van der Waals surface area contributed by atoms with Crippen molar-refractivity contribution in [1.82, 2.24) is 0 Å². The molecule has 0 atom stereocenters. The van der Waals surface area contributed by atoms with Crippen molar-refractivity contribution < 1.29 is 5.11 Å². The maximum atomic E-state index is 9.69. The third-order valence-corrected chi connectivity index (χ3v) is 6.59. The Morgan fingerprint density at radius 3 is 1.74 bits per heavy atom. The molecule has 0 bridgehead atoms. The van der Waals surface area contributed by atoms with Crippen molar-refractivity contribution in [2.24, 2.45) is 23.0 Å². The van der Waals surface area contributed by atoms with Gasteiger partial charge in [0.25, 0.3) is 0 Å². The zero-order valence-corrected chi connectivity index (χ0v) is 12.3. The van der Waals surface area contributed by atoms with Crippen LogP contribution in [-0.2, 0) is 0 Å². The van der Waals surface area contributed by atoms with Crippen molar-refractivity contribution in [3.05, 3.63) is 0 Å². The van der Waals surface area contributed by atoms with Crippen LogP contribution in [0.15, 0.2) is 0 Å². The summed E-state index contributed by atoms with van der Waals surface area (Å²) >= 11 is 0. The molecule has 0 aromatic carbocycles. The van der Waals surface area contributed by atoms with Gasteiger partial charge in [-0.15, -0.1) is 0 Å². The van der Waals surface area contributed by atoms with Crippen LogP contribution < -0.4 is 5.73 Å². The molecule has 19 heavy (non-hydrogen) atoms. The summed E-state index contributed by atoms with van der Waals surface area (Å²) in [4.78, 5) is 0. The van der Waals surface area contributed by atoms with E-state index in [1.54, 1.807) is 0 Å². The summed E-state index contributed by atoms with van der Waals surface area (Å²) < 4.78 is 0. The Morgan fingerprint density at radius 2 is 1.16 bits per heavy atom. The van der Waals surface area contributed by atoms with Crippen LogP contribution in [0.5, 0.6) is 0 Å². The van der Waals surface area contributed by atoms with Crippen LogP contribution in [-0.4, -0.2) is 17.3 Å². The quantitative estimate of drug-likeness (QED) is 0.760. The topological polar surface area (TPSA) is 46.2 Å². The smallest absolute Gasteiger partial charge is 0.0540 e. The first kappa shape index (κ1) is 13.9. The van der Waals surface area contributed by atoms with Crippen molar-refractivity contribution in [1.29, 1.82) is 0 Å². The number of rotatable bonds is 1. The number of hydrogen-bond acceptors (Lipinski definition) is 2. The molecule has 1 spiro atoms. The summed E-state index contributed by atoms with van der Waals surface area (Å²) in [5.74, 6) is 1.97. The zero-order valence-electron chi connectivity index (χ0n) is 12.3. The van der Waals surface area contributed by atoms with E-state index >= 15 is 0 Å². The van der Waals surface area contributed by atoms with Crippen LogP contribution in [0.2, 0.25) is 0 Å². The number of aliphatic hydroxyl groups is 1. The highest BCUT2D eigenvalue weighted by molar-refractivity contribution is 4.92. The van der Waals surface area contributed by atoms with Gasteiger partial charge in [-0.25, -0.2) is 0 Å². The maximum absolute atomic E-state index is 9.69. The molecule has 0 heterocycles. The van der Waals surface area contributed by atoms with Crippen LogP contribution in [0.4, 0.5) is 0 Å². The van der Waals surface area contributed by atoms with Crippen molar-refractivity contribution in [2.75, 3.05) is 0 Å². The van der Waals surface area contributed by atoms with Gasteiger partial charge in [0.1, 0.15) is 0 Å². The first-order valence-corrected chi connectivity index (χ1v) is 8.61. The van der Waals surface area contributed by atoms with Gasteiger partial charge in [-0.05, 0) is 94.3 Å². The molecule has 0 saturated heterocycles. The molecule has 3 N–H and O–H groups in total. The lowest BCUT2D eigenvalue weighted by atomic mass is 9.60. The fraction of sp³-hybridized carbons (Fsp3) is 1.00. The monoisotopic (exact) mass is 265 g/mol. The molecule has 0 amide bonds. The summed E-state index contributed by atoms with van der Waals surface area (Å²) in [6, 6.07) is 0.492. The van der Waals surface area contributed by atoms with E-state index in [1.165, 1.54) is 64.2 Å².